The molecule has 120 valence electrons. The summed E-state index contributed by atoms with van der Waals surface area (Å²) in [5.74, 6) is -1.26. The molecule has 21 heavy (non-hydrogen) atoms. The average molecular weight is 305 g/mol. The molecular weight excluding hydrogens is 286 g/mol. The average Bonchev–Trinajstić information content (AvgIpc) is 2.89. The van der Waals surface area contributed by atoms with Crippen LogP contribution in [0, 0.1) is 5.92 Å². The lowest BCUT2D eigenvalue weighted by atomic mass is 10.0. The van der Waals surface area contributed by atoms with Gasteiger partial charge in [-0.2, -0.15) is 4.63 Å². The van der Waals surface area contributed by atoms with Crippen molar-refractivity contribution in [2.24, 2.45) is 5.92 Å². The van der Waals surface area contributed by atoms with Gasteiger partial charge in [0.15, 0.2) is 0 Å². The first-order valence-corrected chi connectivity index (χ1v) is 6.48. The smallest absolute Gasteiger partial charge is 0.481 e. The molecule has 1 N–H and O–H groups in total. The van der Waals surface area contributed by atoms with E-state index in [0.717, 1.165) is 5.02 Å². The number of carbonyl (C=O) groups is 2. The Hall–Kier alpha value is -2.26. The third-order valence-electron chi connectivity index (χ3n) is 2.60. The number of aliphatic carboxylic acids is 1. The van der Waals surface area contributed by atoms with Crippen molar-refractivity contribution in [3.63, 3.8) is 0 Å². The van der Waals surface area contributed by atoms with Crippen LogP contribution in [0.3, 0.4) is 0 Å². The van der Waals surface area contributed by atoms with Gasteiger partial charge in [-0.25, -0.2) is 4.79 Å². The Morgan fingerprint density at radius 3 is 2.48 bits per heavy atom. The van der Waals surface area contributed by atoms with E-state index >= 15 is 0 Å². The minimum Gasteiger partial charge on any atom is -0.481 e. The van der Waals surface area contributed by atoms with Crippen molar-refractivity contribution in [3.8, 4) is 0 Å². The summed E-state index contributed by atoms with van der Waals surface area (Å²) in [6, 6.07) is 0. The Morgan fingerprint density at radius 1 is 1.33 bits per heavy atom. The summed E-state index contributed by atoms with van der Waals surface area (Å²) in [6.45, 7) is 7.32. The molecule has 0 radical (unpaired) electrons. The second kappa shape index (κ2) is 5.26. The number of rotatable bonds is 5. The number of hydrogen-bond acceptors (Lipinski definition) is 7. The molecule has 2 rings (SSSR count). The van der Waals surface area contributed by atoms with E-state index in [1.165, 1.54) is 11.9 Å². The molecule has 1 aliphatic rings. The fraction of sp³-hybridized carbons (Fsp3) is 0.818. The maximum Gasteiger partial charge on any atom is 0.511 e. The number of carboxylic acid groups (broad SMARTS) is 1. The predicted molar refractivity (Wildman–Crippen MR) is 67.1 cm³/mol. The highest BCUT2D eigenvalue weighted by molar-refractivity contribution is 5.72. The second-order valence-electron chi connectivity index (χ2n) is 5.73. The minimum absolute atomic E-state index is 0.330. The van der Waals surface area contributed by atoms with E-state index in [1.54, 1.807) is 25.8 Å². The third-order valence-corrected chi connectivity index (χ3v) is 2.60. The Labute approximate surface area is 120 Å². The normalized spacial score (nSPS) is 17.2. The van der Waals surface area contributed by atoms with Crippen molar-refractivity contribution in [2.75, 3.05) is 18.1 Å². The van der Waals surface area contributed by atoms with Crippen molar-refractivity contribution >= 4 is 12.1 Å². The SMILES string of the molecule is CC(OC(=O)OC(C)(C)C)On1on1N1CC(C(=O)O)C1. The number of carboxylic acids is 1. The first kappa shape index (κ1) is 15.1. The summed E-state index contributed by atoms with van der Waals surface area (Å²) in [5.41, 5.74) is -0.650. The monoisotopic (exact) mass is 305 g/mol. The lowest BCUT2D eigenvalue weighted by molar-refractivity contribution is -0.145. The van der Waals surface area contributed by atoms with Gasteiger partial charge in [-0.1, -0.05) is 0 Å². The van der Waals surface area contributed by atoms with Gasteiger partial charge in [-0.3, -0.25) is 9.80 Å². The van der Waals surface area contributed by atoms with Gasteiger partial charge in [-0.05, 0) is 20.8 Å². The topological polar surface area (TPSA) is 108 Å². The molecule has 1 aromatic rings. The first-order chi connectivity index (χ1) is 9.65. The van der Waals surface area contributed by atoms with Crippen LogP contribution >= 0.6 is 0 Å². The molecule has 1 aliphatic heterocycles. The fourth-order valence-corrected chi connectivity index (χ4v) is 1.57. The molecule has 0 saturated carbocycles. The van der Waals surface area contributed by atoms with Gasteiger partial charge in [0.2, 0.25) is 0 Å². The molecule has 10 nitrogen and oxygen atoms in total. The summed E-state index contributed by atoms with van der Waals surface area (Å²) in [6.07, 6.45) is -1.76. The Morgan fingerprint density at radius 2 is 1.95 bits per heavy atom. The number of nitrogens with zero attached hydrogens (tertiary/aromatic N) is 3. The minimum atomic E-state index is -0.915. The molecule has 1 aromatic heterocycles. The summed E-state index contributed by atoms with van der Waals surface area (Å²) in [4.78, 5) is 28.4. The zero-order valence-corrected chi connectivity index (χ0v) is 12.3. The Balaban J connectivity index is 1.70. The molecule has 0 amide bonds. The van der Waals surface area contributed by atoms with Gasteiger partial charge < -0.3 is 19.4 Å². The highest BCUT2D eigenvalue weighted by atomic mass is 17.0. The van der Waals surface area contributed by atoms with E-state index in [4.69, 9.17) is 24.0 Å². The van der Waals surface area contributed by atoms with Crippen LogP contribution in [0.15, 0.2) is 4.63 Å². The lowest BCUT2D eigenvalue weighted by Gasteiger charge is -2.32. The van der Waals surface area contributed by atoms with Crippen molar-refractivity contribution in [2.45, 2.75) is 39.6 Å². The van der Waals surface area contributed by atoms with Crippen LogP contribution in [-0.4, -0.2) is 52.2 Å². The number of aromatic nitrogens is 2. The first-order valence-electron chi connectivity index (χ1n) is 6.48. The Kier molecular flexibility index (Phi) is 3.79. The largest absolute Gasteiger partial charge is 0.511 e. The van der Waals surface area contributed by atoms with Crippen molar-refractivity contribution < 1.29 is 33.6 Å². The van der Waals surface area contributed by atoms with E-state index in [9.17, 15) is 9.59 Å². The van der Waals surface area contributed by atoms with E-state index in [2.05, 4.69) is 0 Å². The summed E-state index contributed by atoms with van der Waals surface area (Å²) in [5, 5.41) is 11.4. The predicted octanol–water partition coefficient (Wildman–Crippen LogP) is 0.261. The van der Waals surface area contributed by atoms with Crippen LogP contribution in [0.2, 0.25) is 0 Å². The number of carbonyl (C=O) groups excluding carboxylic acids is 1. The van der Waals surface area contributed by atoms with Crippen molar-refractivity contribution in [3.05, 3.63) is 0 Å². The van der Waals surface area contributed by atoms with Gasteiger partial charge in [0.05, 0.1) is 19.0 Å². The van der Waals surface area contributed by atoms with Gasteiger partial charge in [0.1, 0.15) is 10.6 Å². The molecule has 0 aromatic carbocycles. The quantitative estimate of drug-likeness (QED) is 0.609. The van der Waals surface area contributed by atoms with Crippen LogP contribution in [0.1, 0.15) is 27.7 Å². The highest BCUT2D eigenvalue weighted by Gasteiger charge is 2.38. The van der Waals surface area contributed by atoms with Crippen molar-refractivity contribution in [1.82, 2.24) is 9.98 Å². The van der Waals surface area contributed by atoms with Gasteiger partial charge in [-0.15, -0.1) is 0 Å². The molecule has 1 fully saturated rings. The molecule has 0 spiro atoms. The van der Waals surface area contributed by atoms with E-state index in [1.807, 2.05) is 0 Å². The highest BCUT2D eigenvalue weighted by Crippen LogP contribution is 2.16. The number of ether oxygens (including phenoxy) is 2. The van der Waals surface area contributed by atoms with E-state index < -0.39 is 29.9 Å². The summed E-state index contributed by atoms with van der Waals surface area (Å²) in [7, 11) is 0. The summed E-state index contributed by atoms with van der Waals surface area (Å²) >= 11 is 0. The molecule has 0 aliphatic carbocycles. The Bertz CT molecular complexity index is 503. The molecule has 1 atom stereocenters. The standard InChI is InChI=1S/C11H19N3O7/c1-7(18-10(17)19-11(2,3)4)20-14-13(21-14)12-5-8(6-12)9(15)16/h7-8H,5-6H2,1-4H3,(H,15,16). The lowest BCUT2D eigenvalue weighted by Crippen LogP contribution is -2.55. The zero-order valence-electron chi connectivity index (χ0n) is 12.3. The fourth-order valence-electron chi connectivity index (χ4n) is 1.57. The van der Waals surface area contributed by atoms with Crippen LogP contribution < -0.4 is 9.85 Å². The van der Waals surface area contributed by atoms with Crippen LogP contribution in [0.4, 0.5) is 4.79 Å². The van der Waals surface area contributed by atoms with E-state index in [0.29, 0.717) is 13.1 Å². The zero-order chi connectivity index (χ0) is 15.8. The molecule has 2 heterocycles. The summed E-state index contributed by atoms with van der Waals surface area (Å²) < 4.78 is 14.8. The van der Waals surface area contributed by atoms with Gasteiger partial charge in [0.25, 0.3) is 6.29 Å². The van der Waals surface area contributed by atoms with Crippen LogP contribution in [0.25, 0.3) is 0 Å². The maximum absolute atomic E-state index is 11.4. The van der Waals surface area contributed by atoms with Gasteiger partial charge in [0, 0.05) is 11.9 Å². The maximum atomic E-state index is 11.4. The number of hydrogen-bond donors (Lipinski definition) is 1. The molecule has 10 heteroatoms. The van der Waals surface area contributed by atoms with Crippen LogP contribution in [-0.2, 0) is 14.3 Å². The third kappa shape index (κ3) is 4.10. The van der Waals surface area contributed by atoms with Crippen LogP contribution in [0.5, 0.6) is 0 Å². The second-order valence-corrected chi connectivity index (χ2v) is 5.73. The van der Waals surface area contributed by atoms with Crippen molar-refractivity contribution in [1.29, 1.82) is 0 Å². The molecule has 1 saturated heterocycles. The molecule has 1 unspecified atom stereocenters. The molecule has 0 bridgehead atoms. The van der Waals surface area contributed by atoms with E-state index in [-0.39, 0.29) is 0 Å². The molecular formula is C11H19N3O7. The van der Waals surface area contributed by atoms with Gasteiger partial charge >= 0.3 is 12.1 Å².